The van der Waals surface area contributed by atoms with Gasteiger partial charge in [-0.2, -0.15) is 0 Å². The van der Waals surface area contributed by atoms with Crippen molar-refractivity contribution in [2.45, 2.75) is 128 Å². The number of nitrogens with one attached hydrogen (secondary N) is 1. The molecule has 253 valence electrons. The Kier molecular flexibility index (Phi) is 8.43. The molecule has 4 aliphatic rings. The van der Waals surface area contributed by atoms with Gasteiger partial charge in [-0.25, -0.2) is 4.68 Å². The Hall–Kier alpha value is -2.98. The van der Waals surface area contributed by atoms with Crippen molar-refractivity contribution in [3.63, 3.8) is 0 Å². The highest BCUT2D eigenvalue weighted by Gasteiger charge is 2.57. The molecule has 1 aromatic heterocycles. The predicted octanol–water partition coefficient (Wildman–Crippen LogP) is 6.13. The number of nitrogens with zero attached hydrogens (tertiary/aromatic N) is 4. The molecule has 1 aliphatic heterocycles. The van der Waals surface area contributed by atoms with Gasteiger partial charge in [-0.3, -0.25) is 0 Å². The van der Waals surface area contributed by atoms with E-state index < -0.39 is 11.1 Å². The van der Waals surface area contributed by atoms with Crippen molar-refractivity contribution in [1.29, 1.82) is 0 Å². The zero-order chi connectivity index (χ0) is 33.1. The van der Waals surface area contributed by atoms with E-state index in [1.54, 1.807) is 0 Å². The van der Waals surface area contributed by atoms with Gasteiger partial charge in [-0.05, 0) is 143 Å². The first kappa shape index (κ1) is 32.6. The number of hydroxylamine groups is 2. The van der Waals surface area contributed by atoms with Crippen LogP contribution >= 0.6 is 0 Å². The van der Waals surface area contributed by atoms with Crippen LogP contribution in [0.4, 0.5) is 0 Å². The summed E-state index contributed by atoms with van der Waals surface area (Å²) in [6.45, 7) is 12.1. The van der Waals surface area contributed by atoms with E-state index in [4.69, 9.17) is 4.74 Å². The number of aliphatic hydroxyl groups is 1. The van der Waals surface area contributed by atoms with Crippen LogP contribution in [0.3, 0.4) is 0 Å². The van der Waals surface area contributed by atoms with E-state index >= 15 is 0 Å². The molecule has 6 atom stereocenters. The first-order valence-corrected chi connectivity index (χ1v) is 17.7. The van der Waals surface area contributed by atoms with Crippen LogP contribution in [0.15, 0.2) is 48.7 Å². The summed E-state index contributed by atoms with van der Waals surface area (Å²) in [6, 6.07) is 14.8. The fraction of sp³-hybridized carbons (Fsp3) is 0.632. The molecule has 0 amide bonds. The van der Waals surface area contributed by atoms with Crippen LogP contribution in [-0.2, 0) is 24.7 Å². The van der Waals surface area contributed by atoms with Gasteiger partial charge in [-0.15, -0.1) is 15.4 Å². The number of aliphatic hydroxyl groups excluding tert-OH is 1. The predicted molar refractivity (Wildman–Crippen MR) is 179 cm³/mol. The molecular formula is C38H52N5O4. The topological polar surface area (TPSA) is 116 Å². The third kappa shape index (κ3) is 6.09. The zero-order valence-corrected chi connectivity index (χ0v) is 28.7. The van der Waals surface area contributed by atoms with E-state index in [0.29, 0.717) is 49.1 Å². The number of piperidine rings is 1. The number of ether oxygens (including phenoxy) is 1. The number of rotatable bonds is 8. The zero-order valence-electron chi connectivity index (χ0n) is 28.7. The van der Waals surface area contributed by atoms with Gasteiger partial charge >= 0.3 is 0 Å². The molecule has 2 heterocycles. The standard InChI is InChI=1S/C38H52N5O4/c1-36(2)19-26(20-37(3,4)43(36)46)39-22-27-23-42(41-40-27)16-17-47-29-10-6-24(7-11-29)32-21-38(5)33(14-15-34(38)45)31-12-8-25-18-28(44)9-13-30(25)35(31)32/h6-7,9-11,13,18,23,26,31-35,39,44-45H,8,12,14-17,19-22H2,1-5H3/t31-,32+,33-,34-,35+,38-/m0/s1. The van der Waals surface area contributed by atoms with Crippen LogP contribution in [0, 0.1) is 17.3 Å². The first-order valence-electron chi connectivity index (χ1n) is 17.7. The van der Waals surface area contributed by atoms with E-state index in [2.05, 4.69) is 52.9 Å². The number of hydrogen-bond donors (Lipinski definition) is 3. The van der Waals surface area contributed by atoms with Crippen molar-refractivity contribution in [1.82, 2.24) is 25.4 Å². The Morgan fingerprint density at radius 2 is 1.72 bits per heavy atom. The third-order valence-electron chi connectivity index (χ3n) is 12.3. The SMILES string of the molecule is CC1(C)CC(NCc2cn(CCOc3ccc([C@H]4C[C@]5(C)[C@@H](O)CC[C@H]5[C@@H]5CCc6cc(O)ccc6[C@H]54)cc3)nn2)CC(C)(C)N1[O]. The summed E-state index contributed by atoms with van der Waals surface area (Å²) in [6.07, 6.45) is 8.39. The van der Waals surface area contributed by atoms with Crippen LogP contribution in [-0.4, -0.2) is 60.1 Å². The molecule has 3 aliphatic carbocycles. The molecule has 47 heavy (non-hydrogen) atoms. The molecule has 0 bridgehead atoms. The largest absolute Gasteiger partial charge is 0.508 e. The summed E-state index contributed by atoms with van der Waals surface area (Å²) in [5.74, 6) is 2.95. The van der Waals surface area contributed by atoms with Gasteiger partial charge in [0.1, 0.15) is 18.1 Å². The highest BCUT2D eigenvalue weighted by atomic mass is 16.5. The number of fused-ring (bicyclic) bond motifs is 5. The summed E-state index contributed by atoms with van der Waals surface area (Å²) >= 11 is 0. The van der Waals surface area contributed by atoms with Gasteiger partial charge in [0, 0.05) is 29.9 Å². The molecule has 3 fully saturated rings. The Morgan fingerprint density at radius 3 is 2.47 bits per heavy atom. The summed E-state index contributed by atoms with van der Waals surface area (Å²) in [5.41, 5.74) is 3.97. The monoisotopic (exact) mass is 642 g/mol. The Morgan fingerprint density at radius 1 is 0.979 bits per heavy atom. The van der Waals surface area contributed by atoms with Crippen molar-refractivity contribution in [3.05, 3.63) is 71.0 Å². The van der Waals surface area contributed by atoms with Crippen molar-refractivity contribution in [3.8, 4) is 11.5 Å². The van der Waals surface area contributed by atoms with E-state index in [9.17, 15) is 15.4 Å². The number of aryl methyl sites for hydroxylation is 1. The minimum Gasteiger partial charge on any atom is -0.508 e. The molecule has 2 saturated carbocycles. The number of benzene rings is 2. The lowest BCUT2D eigenvalue weighted by molar-refractivity contribution is -0.290. The maximum atomic E-state index is 12.7. The van der Waals surface area contributed by atoms with Crippen LogP contribution in [0.2, 0.25) is 0 Å². The molecular weight excluding hydrogens is 590 g/mol. The fourth-order valence-electron chi connectivity index (χ4n) is 10.2. The normalized spacial score (nSPS) is 31.6. The quantitative estimate of drug-likeness (QED) is 0.271. The van der Waals surface area contributed by atoms with E-state index in [-0.39, 0.29) is 17.6 Å². The van der Waals surface area contributed by atoms with Crippen LogP contribution < -0.4 is 10.1 Å². The van der Waals surface area contributed by atoms with E-state index in [0.717, 1.165) is 56.4 Å². The number of aromatic hydroxyl groups is 1. The Labute approximate surface area is 279 Å². The highest BCUT2D eigenvalue weighted by Crippen LogP contribution is 2.65. The maximum absolute atomic E-state index is 12.7. The highest BCUT2D eigenvalue weighted by molar-refractivity contribution is 5.43. The Bertz CT molecular complexity index is 1550. The van der Waals surface area contributed by atoms with Gasteiger partial charge in [0.25, 0.3) is 0 Å². The molecule has 2 aromatic carbocycles. The second kappa shape index (κ2) is 12.2. The second-order valence-electron chi connectivity index (χ2n) is 16.4. The number of aromatic nitrogens is 3. The summed E-state index contributed by atoms with van der Waals surface area (Å²) < 4.78 is 7.97. The van der Waals surface area contributed by atoms with Crippen molar-refractivity contribution < 1.29 is 20.2 Å². The molecule has 0 unspecified atom stereocenters. The number of phenolic OH excluding ortho intramolecular Hbond substituents is 1. The summed E-state index contributed by atoms with van der Waals surface area (Å²) in [7, 11) is 0. The lowest BCUT2D eigenvalue weighted by atomic mass is 9.51. The van der Waals surface area contributed by atoms with Crippen LogP contribution in [0.1, 0.15) is 107 Å². The smallest absolute Gasteiger partial charge is 0.119 e. The van der Waals surface area contributed by atoms with E-state index in [1.165, 1.54) is 21.8 Å². The van der Waals surface area contributed by atoms with E-state index in [1.807, 2.05) is 50.7 Å². The molecule has 1 saturated heterocycles. The van der Waals surface area contributed by atoms with Crippen molar-refractivity contribution in [2.24, 2.45) is 17.3 Å². The van der Waals surface area contributed by atoms with Gasteiger partial charge in [-0.1, -0.05) is 30.3 Å². The maximum Gasteiger partial charge on any atom is 0.119 e. The van der Waals surface area contributed by atoms with Gasteiger partial charge in [0.05, 0.1) is 18.3 Å². The molecule has 3 aromatic rings. The molecule has 9 heteroatoms. The average molecular weight is 643 g/mol. The lowest BCUT2D eigenvalue weighted by Gasteiger charge is -2.54. The van der Waals surface area contributed by atoms with Crippen molar-refractivity contribution >= 4 is 0 Å². The van der Waals surface area contributed by atoms with Gasteiger partial charge in [0.2, 0.25) is 0 Å². The van der Waals surface area contributed by atoms with Gasteiger partial charge in [0.15, 0.2) is 0 Å². The molecule has 3 N–H and O–H groups in total. The number of phenols is 1. The molecule has 7 rings (SSSR count). The first-order chi connectivity index (χ1) is 22.3. The molecule has 1 radical (unpaired) electrons. The average Bonchev–Trinajstić information content (AvgIpc) is 3.61. The molecule has 9 nitrogen and oxygen atoms in total. The third-order valence-corrected chi connectivity index (χ3v) is 12.3. The summed E-state index contributed by atoms with van der Waals surface area (Å²) in [4.78, 5) is 0. The van der Waals surface area contributed by atoms with Crippen LogP contribution in [0.5, 0.6) is 11.5 Å². The minimum absolute atomic E-state index is 0.0662. The fourth-order valence-corrected chi connectivity index (χ4v) is 10.2. The van der Waals surface area contributed by atoms with Crippen LogP contribution in [0.25, 0.3) is 0 Å². The molecule has 0 spiro atoms. The minimum atomic E-state index is -0.406. The van der Waals surface area contributed by atoms with Crippen molar-refractivity contribution in [2.75, 3.05) is 6.61 Å². The summed E-state index contributed by atoms with van der Waals surface area (Å²) in [5, 5.41) is 47.6. The lowest BCUT2D eigenvalue weighted by Crippen LogP contribution is -2.61. The van der Waals surface area contributed by atoms with Gasteiger partial charge < -0.3 is 20.3 Å². The Balaban J connectivity index is 0.975. The number of hydrogen-bond acceptors (Lipinski definition) is 7. The second-order valence-corrected chi connectivity index (χ2v) is 16.4.